The summed E-state index contributed by atoms with van der Waals surface area (Å²) in [4.78, 5) is 12.3. The van der Waals surface area contributed by atoms with Gasteiger partial charge in [0.15, 0.2) is 0 Å². The van der Waals surface area contributed by atoms with Crippen LogP contribution in [-0.4, -0.2) is 12.6 Å². The number of hydrogen-bond donors (Lipinski definition) is 0. The minimum Gasteiger partial charge on any atom is -0.490 e. The van der Waals surface area contributed by atoms with Gasteiger partial charge in [-0.2, -0.15) is 0 Å². The highest BCUT2D eigenvalue weighted by Crippen LogP contribution is 2.59. The van der Waals surface area contributed by atoms with Gasteiger partial charge in [-0.25, -0.2) is 0 Å². The number of carbonyl (C=O) groups excluding carboxylic acids is 1. The van der Waals surface area contributed by atoms with Crippen LogP contribution in [0.4, 0.5) is 0 Å². The number of carbonyl (C=O) groups is 1. The summed E-state index contributed by atoms with van der Waals surface area (Å²) < 4.78 is 11.0. The summed E-state index contributed by atoms with van der Waals surface area (Å²) in [5.74, 6) is 0.877. The second-order valence-electron chi connectivity index (χ2n) is 6.92. The maximum absolute atomic E-state index is 12.3. The van der Waals surface area contributed by atoms with Crippen molar-refractivity contribution in [1.29, 1.82) is 0 Å². The Hall–Kier alpha value is -2.03. The third kappa shape index (κ3) is 4.25. The lowest BCUT2D eigenvalue weighted by atomic mass is 10.1. The Morgan fingerprint density at radius 3 is 2.74 bits per heavy atom. The lowest BCUT2D eigenvalue weighted by Crippen LogP contribution is -2.10. The molecule has 1 saturated carbocycles. The lowest BCUT2D eigenvalue weighted by molar-refractivity contribution is -0.147. The van der Waals surface area contributed by atoms with Crippen LogP contribution in [0.2, 0.25) is 0 Å². The molecule has 0 amide bonds. The molecular formula is C20H26O3. The standard InChI is InChI=1S/C20H26O3/c1-6-10-22-16-9-7-8-15(12-16)13-23-19(21)18-17(11-14(2)3)20(18,4)5/h6-9,11-12,17-18H,1,10,13H2,2-5H3/t17-,18+/m1/s1. The van der Waals surface area contributed by atoms with E-state index in [4.69, 9.17) is 9.47 Å². The van der Waals surface area contributed by atoms with E-state index in [1.165, 1.54) is 5.57 Å². The molecule has 23 heavy (non-hydrogen) atoms. The molecule has 1 aliphatic rings. The van der Waals surface area contributed by atoms with E-state index >= 15 is 0 Å². The number of hydrogen-bond acceptors (Lipinski definition) is 3. The van der Waals surface area contributed by atoms with E-state index in [9.17, 15) is 4.79 Å². The van der Waals surface area contributed by atoms with Gasteiger partial charge in [-0.3, -0.25) is 4.79 Å². The van der Waals surface area contributed by atoms with Gasteiger partial charge in [0.1, 0.15) is 19.0 Å². The molecule has 2 atom stereocenters. The SMILES string of the molecule is C=CCOc1cccc(COC(=O)[C@@H]2[C@@H](C=C(C)C)C2(C)C)c1. The van der Waals surface area contributed by atoms with E-state index < -0.39 is 0 Å². The summed E-state index contributed by atoms with van der Waals surface area (Å²) >= 11 is 0. The molecule has 0 heterocycles. The molecule has 1 aliphatic carbocycles. The Bertz CT molecular complexity index is 609. The molecule has 1 aromatic carbocycles. The Morgan fingerprint density at radius 2 is 2.09 bits per heavy atom. The summed E-state index contributed by atoms with van der Waals surface area (Å²) in [6, 6.07) is 7.60. The molecule has 2 rings (SSSR count). The predicted octanol–water partition coefficient (Wildman–Crippen LogP) is 4.53. The van der Waals surface area contributed by atoms with Crippen molar-refractivity contribution in [3.05, 3.63) is 54.1 Å². The summed E-state index contributed by atoms with van der Waals surface area (Å²) in [5.41, 5.74) is 2.16. The van der Waals surface area contributed by atoms with E-state index in [1.54, 1.807) is 6.08 Å². The second-order valence-corrected chi connectivity index (χ2v) is 6.92. The molecule has 0 aromatic heterocycles. The Kier molecular flexibility index (Phi) is 5.30. The highest BCUT2D eigenvalue weighted by Gasteiger charge is 2.61. The van der Waals surface area contributed by atoms with Crippen LogP contribution in [-0.2, 0) is 16.1 Å². The third-order valence-electron chi connectivity index (χ3n) is 4.32. The van der Waals surface area contributed by atoms with Crippen LogP contribution >= 0.6 is 0 Å². The van der Waals surface area contributed by atoms with E-state index in [1.807, 2.05) is 24.3 Å². The van der Waals surface area contributed by atoms with E-state index in [2.05, 4.69) is 40.3 Å². The highest BCUT2D eigenvalue weighted by atomic mass is 16.5. The molecule has 1 fully saturated rings. The van der Waals surface area contributed by atoms with Crippen LogP contribution < -0.4 is 4.74 Å². The van der Waals surface area contributed by atoms with Gasteiger partial charge >= 0.3 is 5.97 Å². The molecular weight excluding hydrogens is 288 g/mol. The minimum atomic E-state index is -0.116. The number of rotatable bonds is 7. The maximum atomic E-state index is 12.3. The zero-order valence-electron chi connectivity index (χ0n) is 14.5. The van der Waals surface area contributed by atoms with Gasteiger partial charge in [0.05, 0.1) is 5.92 Å². The lowest BCUT2D eigenvalue weighted by Gasteiger charge is -2.08. The molecule has 3 heteroatoms. The van der Waals surface area contributed by atoms with Crippen molar-refractivity contribution in [3.8, 4) is 5.75 Å². The average molecular weight is 314 g/mol. The van der Waals surface area contributed by atoms with Gasteiger partial charge in [0.2, 0.25) is 0 Å². The number of esters is 1. The number of benzene rings is 1. The fourth-order valence-electron chi connectivity index (χ4n) is 2.92. The predicted molar refractivity (Wildman–Crippen MR) is 92.1 cm³/mol. The summed E-state index contributed by atoms with van der Waals surface area (Å²) in [6.45, 7) is 12.7. The van der Waals surface area contributed by atoms with E-state index in [0.717, 1.165) is 11.3 Å². The molecule has 3 nitrogen and oxygen atoms in total. The smallest absolute Gasteiger partial charge is 0.310 e. The van der Waals surface area contributed by atoms with Crippen LogP contribution in [0.1, 0.15) is 33.3 Å². The molecule has 0 aliphatic heterocycles. The van der Waals surface area contributed by atoms with Crippen molar-refractivity contribution in [2.24, 2.45) is 17.3 Å². The second kappa shape index (κ2) is 7.03. The molecule has 0 N–H and O–H groups in total. The van der Waals surface area contributed by atoms with Crippen LogP contribution in [0, 0.1) is 17.3 Å². The first-order chi connectivity index (χ1) is 10.9. The zero-order valence-corrected chi connectivity index (χ0v) is 14.5. The molecule has 0 radical (unpaired) electrons. The maximum Gasteiger partial charge on any atom is 0.310 e. The first kappa shape index (κ1) is 17.3. The van der Waals surface area contributed by atoms with Crippen LogP contribution in [0.3, 0.4) is 0 Å². The van der Waals surface area contributed by atoms with Crippen molar-refractivity contribution >= 4 is 5.97 Å². The average Bonchev–Trinajstić information content (AvgIpc) is 3.03. The van der Waals surface area contributed by atoms with Gasteiger partial charge in [-0.1, -0.05) is 50.3 Å². The Morgan fingerprint density at radius 1 is 1.35 bits per heavy atom. The van der Waals surface area contributed by atoms with Crippen LogP contribution in [0.5, 0.6) is 5.75 Å². The topological polar surface area (TPSA) is 35.5 Å². The first-order valence-electron chi connectivity index (χ1n) is 8.00. The van der Waals surface area contributed by atoms with Crippen molar-refractivity contribution in [2.75, 3.05) is 6.61 Å². The molecule has 124 valence electrons. The number of allylic oxidation sites excluding steroid dienone is 2. The molecule has 0 bridgehead atoms. The summed E-state index contributed by atoms with van der Waals surface area (Å²) in [6.07, 6.45) is 3.88. The summed E-state index contributed by atoms with van der Waals surface area (Å²) in [5, 5.41) is 0. The molecule has 0 unspecified atom stereocenters. The quantitative estimate of drug-likeness (QED) is 0.548. The molecule has 0 saturated heterocycles. The van der Waals surface area contributed by atoms with E-state index in [-0.39, 0.29) is 29.8 Å². The van der Waals surface area contributed by atoms with E-state index in [0.29, 0.717) is 6.61 Å². The molecule has 0 spiro atoms. The fraction of sp³-hybridized carbons (Fsp3) is 0.450. The van der Waals surface area contributed by atoms with Crippen LogP contribution in [0.15, 0.2) is 48.6 Å². The first-order valence-corrected chi connectivity index (χ1v) is 8.00. The number of ether oxygens (including phenoxy) is 2. The monoisotopic (exact) mass is 314 g/mol. The highest BCUT2D eigenvalue weighted by molar-refractivity contribution is 5.78. The normalized spacial score (nSPS) is 21.2. The van der Waals surface area contributed by atoms with Crippen molar-refractivity contribution in [3.63, 3.8) is 0 Å². The Labute approximate surface area is 139 Å². The van der Waals surface area contributed by atoms with Gasteiger partial charge < -0.3 is 9.47 Å². The van der Waals surface area contributed by atoms with Crippen molar-refractivity contribution in [1.82, 2.24) is 0 Å². The van der Waals surface area contributed by atoms with Gasteiger partial charge in [0.25, 0.3) is 0 Å². The molecule has 1 aromatic rings. The third-order valence-corrected chi connectivity index (χ3v) is 4.32. The largest absolute Gasteiger partial charge is 0.490 e. The fourth-order valence-corrected chi connectivity index (χ4v) is 2.92. The van der Waals surface area contributed by atoms with Crippen LogP contribution in [0.25, 0.3) is 0 Å². The Balaban J connectivity index is 1.92. The van der Waals surface area contributed by atoms with Gasteiger partial charge in [0, 0.05) is 0 Å². The van der Waals surface area contributed by atoms with Crippen molar-refractivity contribution in [2.45, 2.75) is 34.3 Å². The van der Waals surface area contributed by atoms with Gasteiger partial charge in [-0.05, 0) is 42.9 Å². The van der Waals surface area contributed by atoms with Gasteiger partial charge in [-0.15, -0.1) is 0 Å². The summed E-state index contributed by atoms with van der Waals surface area (Å²) in [7, 11) is 0. The minimum absolute atomic E-state index is 0.0106. The zero-order chi connectivity index (χ0) is 17.0. The van der Waals surface area contributed by atoms with Crippen molar-refractivity contribution < 1.29 is 14.3 Å².